The summed E-state index contributed by atoms with van der Waals surface area (Å²) in [6, 6.07) is 8.90. The minimum absolute atomic E-state index is 0.0520. The number of carbonyl (C=O) groups excluding carboxylic acids is 1. The summed E-state index contributed by atoms with van der Waals surface area (Å²) in [7, 11) is 0. The Balaban J connectivity index is 1.35. The fourth-order valence-corrected chi connectivity index (χ4v) is 3.82. The molecule has 0 saturated heterocycles. The highest BCUT2D eigenvalue weighted by Crippen LogP contribution is 2.23. The van der Waals surface area contributed by atoms with Crippen LogP contribution < -0.4 is 9.47 Å². The number of thiazole rings is 1. The molecule has 0 aliphatic heterocycles. The van der Waals surface area contributed by atoms with Crippen LogP contribution in [0.25, 0.3) is 5.13 Å². The largest absolute Gasteiger partial charge is 0.485 e. The summed E-state index contributed by atoms with van der Waals surface area (Å²) in [5.74, 6) is 2.11. The third-order valence-electron chi connectivity index (χ3n) is 4.47. The number of aryl methyl sites for hydroxylation is 2. The van der Waals surface area contributed by atoms with Crippen LogP contribution in [0.4, 0.5) is 0 Å². The van der Waals surface area contributed by atoms with Crippen LogP contribution >= 0.6 is 11.3 Å². The van der Waals surface area contributed by atoms with Crippen molar-refractivity contribution in [2.75, 3.05) is 6.61 Å². The zero-order valence-electron chi connectivity index (χ0n) is 16.8. The maximum absolute atomic E-state index is 12.7. The van der Waals surface area contributed by atoms with E-state index in [0.29, 0.717) is 28.8 Å². The average molecular weight is 424 g/mol. The molecule has 0 atom stereocenters. The summed E-state index contributed by atoms with van der Waals surface area (Å²) in [4.78, 5) is 21.1. The number of Topliss-reactive ketones (excluding diaryl/α,β-unsaturated/α-hetero) is 1. The Morgan fingerprint density at radius 3 is 2.50 bits per heavy atom. The van der Waals surface area contributed by atoms with Gasteiger partial charge in [-0.2, -0.15) is 4.98 Å². The van der Waals surface area contributed by atoms with Crippen LogP contribution in [-0.4, -0.2) is 32.1 Å². The van der Waals surface area contributed by atoms with Gasteiger partial charge >= 0.3 is 0 Å². The molecular weight excluding hydrogens is 404 g/mol. The Labute approximate surface area is 177 Å². The van der Waals surface area contributed by atoms with Crippen molar-refractivity contribution >= 4 is 17.1 Å². The fourth-order valence-electron chi connectivity index (χ4n) is 3.07. The minimum Gasteiger partial charge on any atom is -0.485 e. The van der Waals surface area contributed by atoms with Crippen molar-refractivity contribution in [3.8, 4) is 16.6 Å². The molecule has 3 aromatic heterocycles. The average Bonchev–Trinajstić information content (AvgIpc) is 3.46. The zero-order valence-corrected chi connectivity index (χ0v) is 17.6. The van der Waals surface area contributed by atoms with Crippen molar-refractivity contribution in [1.82, 2.24) is 19.7 Å². The monoisotopic (exact) mass is 424 g/mol. The topological polar surface area (TPSA) is 92.3 Å². The highest BCUT2D eigenvalue weighted by Gasteiger charge is 2.18. The molecule has 3 heterocycles. The van der Waals surface area contributed by atoms with Crippen LogP contribution in [0.5, 0.6) is 11.5 Å². The first-order valence-corrected chi connectivity index (χ1v) is 10.2. The molecule has 0 spiro atoms. The van der Waals surface area contributed by atoms with Gasteiger partial charge in [-0.3, -0.25) is 9.36 Å². The second kappa shape index (κ2) is 8.50. The molecule has 154 valence electrons. The van der Waals surface area contributed by atoms with Crippen molar-refractivity contribution in [3.63, 3.8) is 0 Å². The van der Waals surface area contributed by atoms with E-state index in [4.69, 9.17) is 14.0 Å². The molecule has 30 heavy (non-hydrogen) atoms. The molecule has 0 saturated carbocycles. The van der Waals surface area contributed by atoms with Crippen LogP contribution in [0.2, 0.25) is 0 Å². The molecule has 0 aliphatic carbocycles. The summed E-state index contributed by atoms with van der Waals surface area (Å²) in [6.07, 6.45) is 1.75. The van der Waals surface area contributed by atoms with Crippen molar-refractivity contribution < 1.29 is 18.8 Å². The standard InChI is InChI=1S/C21H20N4O4S/c1-13-10-18(14(2)25(13)21-22-8-9-30-21)19(26)11-27-16-4-6-17(7-5-16)28-12-20-23-15(3)24-29-20/h4-10H,11-12H2,1-3H3. The molecule has 0 aliphatic rings. The fraction of sp³-hybridized carbons (Fsp3) is 0.238. The first-order chi connectivity index (χ1) is 14.5. The molecule has 8 nitrogen and oxygen atoms in total. The number of nitrogens with zero attached hydrogens (tertiary/aromatic N) is 4. The van der Waals surface area contributed by atoms with Gasteiger partial charge in [-0.15, -0.1) is 11.3 Å². The number of ketones is 1. The lowest BCUT2D eigenvalue weighted by Crippen LogP contribution is -2.12. The van der Waals surface area contributed by atoms with Crippen LogP contribution in [0.3, 0.4) is 0 Å². The second-order valence-corrected chi connectivity index (χ2v) is 7.52. The number of ether oxygens (including phenoxy) is 2. The zero-order chi connectivity index (χ0) is 21.1. The normalized spacial score (nSPS) is 10.9. The lowest BCUT2D eigenvalue weighted by atomic mass is 10.1. The second-order valence-electron chi connectivity index (χ2n) is 6.64. The number of hydrogen-bond acceptors (Lipinski definition) is 8. The van der Waals surface area contributed by atoms with Gasteiger partial charge in [0.15, 0.2) is 24.2 Å². The van der Waals surface area contributed by atoms with Gasteiger partial charge in [0.25, 0.3) is 5.89 Å². The van der Waals surface area contributed by atoms with E-state index in [1.54, 1.807) is 37.4 Å². The molecule has 0 unspecified atom stereocenters. The van der Waals surface area contributed by atoms with Gasteiger partial charge in [0.1, 0.15) is 11.5 Å². The van der Waals surface area contributed by atoms with Crippen molar-refractivity contribution in [1.29, 1.82) is 0 Å². The lowest BCUT2D eigenvalue weighted by Gasteiger charge is -2.08. The summed E-state index contributed by atoms with van der Waals surface area (Å²) >= 11 is 1.53. The first-order valence-electron chi connectivity index (χ1n) is 9.28. The number of hydrogen-bond donors (Lipinski definition) is 0. The predicted octanol–water partition coefficient (Wildman–Crippen LogP) is 4.08. The van der Waals surface area contributed by atoms with Gasteiger partial charge in [-0.25, -0.2) is 4.98 Å². The van der Waals surface area contributed by atoms with E-state index in [1.807, 2.05) is 29.9 Å². The highest BCUT2D eigenvalue weighted by atomic mass is 32.1. The van der Waals surface area contributed by atoms with Gasteiger partial charge in [0, 0.05) is 28.5 Å². The van der Waals surface area contributed by atoms with E-state index in [1.165, 1.54) is 11.3 Å². The minimum atomic E-state index is -0.0852. The first kappa shape index (κ1) is 19.8. The number of aromatic nitrogens is 4. The van der Waals surface area contributed by atoms with Gasteiger partial charge in [0.05, 0.1) is 0 Å². The predicted molar refractivity (Wildman–Crippen MR) is 111 cm³/mol. The Bertz CT molecular complexity index is 1150. The van der Waals surface area contributed by atoms with E-state index >= 15 is 0 Å². The van der Waals surface area contributed by atoms with Crippen LogP contribution in [0.1, 0.15) is 33.5 Å². The van der Waals surface area contributed by atoms with Crippen molar-refractivity contribution in [2.24, 2.45) is 0 Å². The summed E-state index contributed by atoms with van der Waals surface area (Å²) in [6.45, 7) is 5.76. The molecule has 1 aromatic carbocycles. The lowest BCUT2D eigenvalue weighted by molar-refractivity contribution is 0.0921. The Morgan fingerprint density at radius 1 is 1.13 bits per heavy atom. The highest BCUT2D eigenvalue weighted by molar-refractivity contribution is 7.12. The summed E-state index contributed by atoms with van der Waals surface area (Å²) in [5, 5.41) is 6.47. The molecule has 0 N–H and O–H groups in total. The quantitative estimate of drug-likeness (QED) is 0.394. The Hall–Kier alpha value is -3.46. The van der Waals surface area contributed by atoms with E-state index in [-0.39, 0.29) is 19.0 Å². The number of carbonyl (C=O) groups is 1. The Kier molecular flexibility index (Phi) is 5.62. The molecule has 0 fully saturated rings. The SMILES string of the molecule is Cc1noc(COc2ccc(OCC(=O)c3cc(C)n(-c4nccs4)c3C)cc2)n1. The molecule has 4 rings (SSSR count). The van der Waals surface area contributed by atoms with Crippen LogP contribution in [0.15, 0.2) is 46.4 Å². The number of rotatable bonds is 8. The molecule has 9 heteroatoms. The van der Waals surface area contributed by atoms with E-state index in [9.17, 15) is 4.79 Å². The van der Waals surface area contributed by atoms with Crippen molar-refractivity contribution in [3.05, 3.63) is 70.6 Å². The summed E-state index contributed by atoms with van der Waals surface area (Å²) < 4.78 is 18.3. The van der Waals surface area contributed by atoms with E-state index in [0.717, 1.165) is 16.5 Å². The van der Waals surface area contributed by atoms with Gasteiger partial charge < -0.3 is 14.0 Å². The molecule has 4 aromatic rings. The van der Waals surface area contributed by atoms with E-state index < -0.39 is 0 Å². The van der Waals surface area contributed by atoms with Gasteiger partial charge in [-0.05, 0) is 51.1 Å². The third kappa shape index (κ3) is 4.25. The third-order valence-corrected chi connectivity index (χ3v) is 5.22. The number of benzene rings is 1. The van der Waals surface area contributed by atoms with Crippen LogP contribution in [-0.2, 0) is 6.61 Å². The van der Waals surface area contributed by atoms with Gasteiger partial charge in [-0.1, -0.05) is 5.16 Å². The smallest absolute Gasteiger partial charge is 0.264 e. The molecule has 0 amide bonds. The van der Waals surface area contributed by atoms with Gasteiger partial charge in [0.2, 0.25) is 5.78 Å². The van der Waals surface area contributed by atoms with Crippen molar-refractivity contribution in [2.45, 2.75) is 27.4 Å². The Morgan fingerprint density at radius 2 is 1.87 bits per heavy atom. The van der Waals surface area contributed by atoms with E-state index in [2.05, 4.69) is 15.1 Å². The molecule has 0 bridgehead atoms. The maximum Gasteiger partial charge on any atom is 0.264 e. The molecule has 0 radical (unpaired) electrons. The molecular formula is C21H20N4O4S. The summed E-state index contributed by atoms with van der Waals surface area (Å²) in [5.41, 5.74) is 2.46. The maximum atomic E-state index is 12.7. The van der Waals surface area contributed by atoms with Crippen LogP contribution in [0, 0.1) is 20.8 Å².